The molecule has 17 heavy (non-hydrogen) atoms. The minimum atomic E-state index is 0.325. The van der Waals surface area contributed by atoms with Crippen LogP contribution in [-0.2, 0) is 9.59 Å². The second-order valence-electron chi connectivity index (χ2n) is 6.00. The molecule has 2 fully saturated rings. The number of fused-ring (bicyclic) bond motifs is 1. The topological polar surface area (TPSA) is 34.1 Å². The first-order valence-corrected chi connectivity index (χ1v) is 6.97. The van der Waals surface area contributed by atoms with Crippen molar-refractivity contribution in [3.05, 3.63) is 11.6 Å². The van der Waals surface area contributed by atoms with Gasteiger partial charge in [-0.05, 0) is 55.9 Å². The van der Waals surface area contributed by atoms with Crippen LogP contribution in [0.25, 0.3) is 0 Å². The van der Waals surface area contributed by atoms with Gasteiger partial charge < -0.3 is 0 Å². The van der Waals surface area contributed by atoms with Crippen LogP contribution in [0.4, 0.5) is 0 Å². The van der Waals surface area contributed by atoms with Gasteiger partial charge in [0, 0.05) is 19.3 Å². The molecular formula is C15H20O2. The number of rotatable bonds is 1. The van der Waals surface area contributed by atoms with Crippen LogP contribution in [0.2, 0.25) is 0 Å². The van der Waals surface area contributed by atoms with E-state index in [9.17, 15) is 9.59 Å². The van der Waals surface area contributed by atoms with E-state index in [0.29, 0.717) is 23.4 Å². The van der Waals surface area contributed by atoms with Crippen molar-refractivity contribution in [1.82, 2.24) is 0 Å². The van der Waals surface area contributed by atoms with Crippen LogP contribution < -0.4 is 0 Å². The minimum absolute atomic E-state index is 0.325. The zero-order valence-corrected chi connectivity index (χ0v) is 10.3. The van der Waals surface area contributed by atoms with E-state index in [2.05, 4.69) is 0 Å². The summed E-state index contributed by atoms with van der Waals surface area (Å²) < 4.78 is 0. The van der Waals surface area contributed by atoms with Crippen LogP contribution in [0.5, 0.6) is 0 Å². The molecular weight excluding hydrogens is 212 g/mol. The van der Waals surface area contributed by atoms with Crippen molar-refractivity contribution in [2.45, 2.75) is 51.4 Å². The van der Waals surface area contributed by atoms with Crippen LogP contribution in [0.1, 0.15) is 51.4 Å². The lowest BCUT2D eigenvalue weighted by Gasteiger charge is -2.36. The van der Waals surface area contributed by atoms with E-state index < -0.39 is 0 Å². The van der Waals surface area contributed by atoms with Crippen LogP contribution in [0, 0.1) is 17.8 Å². The average molecular weight is 232 g/mol. The average Bonchev–Trinajstić information content (AvgIpc) is 2.75. The summed E-state index contributed by atoms with van der Waals surface area (Å²) in [5, 5.41) is 0. The lowest BCUT2D eigenvalue weighted by Crippen LogP contribution is -2.26. The molecule has 0 heterocycles. The molecule has 0 aliphatic heterocycles. The molecule has 0 radical (unpaired) electrons. The molecule has 0 aromatic rings. The summed E-state index contributed by atoms with van der Waals surface area (Å²) in [5.41, 5.74) is 1.40. The fourth-order valence-corrected chi connectivity index (χ4v) is 3.95. The number of hydrogen-bond donors (Lipinski definition) is 0. The molecule has 0 unspecified atom stereocenters. The molecule has 3 rings (SSSR count). The Hall–Kier alpha value is -0.920. The van der Waals surface area contributed by atoms with E-state index in [1.54, 1.807) is 0 Å². The predicted molar refractivity (Wildman–Crippen MR) is 65.5 cm³/mol. The Morgan fingerprint density at radius 2 is 1.76 bits per heavy atom. The van der Waals surface area contributed by atoms with Gasteiger partial charge in [-0.15, -0.1) is 0 Å². The predicted octanol–water partition coefficient (Wildman–Crippen LogP) is 3.06. The molecule has 92 valence electrons. The van der Waals surface area contributed by atoms with E-state index in [1.807, 2.05) is 6.08 Å². The molecule has 2 nitrogen and oxygen atoms in total. The Morgan fingerprint density at radius 3 is 2.53 bits per heavy atom. The number of allylic oxidation sites excluding steroid dienone is 2. The van der Waals surface area contributed by atoms with Crippen molar-refractivity contribution in [3.63, 3.8) is 0 Å². The lowest BCUT2D eigenvalue weighted by molar-refractivity contribution is -0.117. The van der Waals surface area contributed by atoms with Crippen LogP contribution in [0.3, 0.4) is 0 Å². The number of ketones is 2. The summed E-state index contributed by atoms with van der Waals surface area (Å²) in [5.74, 6) is 2.85. The van der Waals surface area contributed by atoms with Gasteiger partial charge in [-0.25, -0.2) is 0 Å². The minimum Gasteiger partial charge on any atom is -0.300 e. The molecule has 0 aromatic heterocycles. The Labute approximate surface area is 102 Å². The number of carbonyl (C=O) groups is 2. The highest BCUT2D eigenvalue weighted by Crippen LogP contribution is 2.44. The van der Waals surface area contributed by atoms with E-state index in [4.69, 9.17) is 0 Å². The van der Waals surface area contributed by atoms with E-state index in [1.165, 1.54) is 18.4 Å². The summed E-state index contributed by atoms with van der Waals surface area (Å²) in [6.45, 7) is 0. The van der Waals surface area contributed by atoms with Crippen molar-refractivity contribution in [2.75, 3.05) is 0 Å². The zero-order valence-electron chi connectivity index (χ0n) is 10.3. The highest BCUT2D eigenvalue weighted by Gasteiger charge is 2.35. The normalized spacial score (nSPS) is 37.9. The second-order valence-corrected chi connectivity index (χ2v) is 6.00. The lowest BCUT2D eigenvalue weighted by atomic mass is 9.69. The molecule has 0 N–H and O–H groups in total. The first kappa shape index (κ1) is 11.2. The van der Waals surface area contributed by atoms with Gasteiger partial charge in [-0.2, -0.15) is 0 Å². The summed E-state index contributed by atoms with van der Waals surface area (Å²) in [6, 6.07) is 0. The quantitative estimate of drug-likeness (QED) is 0.696. The van der Waals surface area contributed by atoms with Crippen LogP contribution >= 0.6 is 0 Å². The monoisotopic (exact) mass is 232 g/mol. The maximum atomic E-state index is 11.4. The van der Waals surface area contributed by atoms with Gasteiger partial charge >= 0.3 is 0 Å². The largest absolute Gasteiger partial charge is 0.300 e. The summed E-state index contributed by atoms with van der Waals surface area (Å²) in [4.78, 5) is 22.7. The summed E-state index contributed by atoms with van der Waals surface area (Å²) in [7, 11) is 0. The molecule has 2 heteroatoms. The first-order chi connectivity index (χ1) is 8.22. The van der Waals surface area contributed by atoms with Crippen molar-refractivity contribution >= 4 is 11.6 Å². The molecule has 2 saturated carbocycles. The third-order valence-electron chi connectivity index (χ3n) is 4.95. The molecule has 0 bridgehead atoms. The summed E-state index contributed by atoms with van der Waals surface area (Å²) >= 11 is 0. The van der Waals surface area contributed by atoms with Gasteiger partial charge in [0.2, 0.25) is 0 Å². The van der Waals surface area contributed by atoms with Gasteiger partial charge in [0.25, 0.3) is 0 Å². The van der Waals surface area contributed by atoms with Crippen LogP contribution in [-0.4, -0.2) is 11.6 Å². The number of Topliss-reactive ketones (excluding diaryl/α,β-unsaturated/α-hetero) is 1. The summed E-state index contributed by atoms with van der Waals surface area (Å²) in [6.07, 6.45) is 10.0. The second kappa shape index (κ2) is 4.40. The smallest absolute Gasteiger partial charge is 0.155 e. The standard InChI is InChI=1S/C15H20O2/c16-14-5-3-11-7-10(1-2-12(11)8-14)13-4-6-15(17)9-13/h8,10-11,13H,1-7,9H2/t10-,11-,13+/m0/s1. The van der Waals surface area contributed by atoms with Crippen molar-refractivity contribution in [1.29, 1.82) is 0 Å². The van der Waals surface area contributed by atoms with Crippen molar-refractivity contribution < 1.29 is 9.59 Å². The molecule has 0 amide bonds. The van der Waals surface area contributed by atoms with Gasteiger partial charge in [-0.1, -0.05) is 5.57 Å². The van der Waals surface area contributed by atoms with E-state index >= 15 is 0 Å². The fraction of sp³-hybridized carbons (Fsp3) is 0.733. The number of carbonyl (C=O) groups excluding carboxylic acids is 2. The highest BCUT2D eigenvalue weighted by molar-refractivity contribution is 5.91. The first-order valence-electron chi connectivity index (χ1n) is 6.97. The van der Waals surface area contributed by atoms with Gasteiger partial charge in [0.15, 0.2) is 5.78 Å². The Balaban J connectivity index is 1.67. The Kier molecular flexibility index (Phi) is 2.89. The highest BCUT2D eigenvalue weighted by atomic mass is 16.1. The van der Waals surface area contributed by atoms with Crippen molar-refractivity contribution in [3.8, 4) is 0 Å². The van der Waals surface area contributed by atoms with Gasteiger partial charge in [-0.3, -0.25) is 9.59 Å². The molecule has 0 saturated heterocycles. The fourth-order valence-electron chi connectivity index (χ4n) is 3.95. The molecule has 3 aliphatic rings. The van der Waals surface area contributed by atoms with Crippen molar-refractivity contribution in [2.24, 2.45) is 17.8 Å². The van der Waals surface area contributed by atoms with E-state index in [0.717, 1.165) is 44.4 Å². The molecule has 0 spiro atoms. The molecule has 3 aliphatic carbocycles. The van der Waals surface area contributed by atoms with Crippen LogP contribution in [0.15, 0.2) is 11.6 Å². The third kappa shape index (κ3) is 2.22. The van der Waals surface area contributed by atoms with Gasteiger partial charge in [0.05, 0.1) is 0 Å². The maximum Gasteiger partial charge on any atom is 0.155 e. The zero-order chi connectivity index (χ0) is 11.8. The Bertz CT molecular complexity index is 380. The van der Waals surface area contributed by atoms with E-state index in [-0.39, 0.29) is 0 Å². The SMILES string of the molecule is O=C1C=C2CC[C@H]([C@@H]3CCC(=O)C3)C[C@@H]2CC1. The molecule has 3 atom stereocenters. The maximum absolute atomic E-state index is 11.4. The van der Waals surface area contributed by atoms with Gasteiger partial charge in [0.1, 0.15) is 5.78 Å². The number of hydrogen-bond acceptors (Lipinski definition) is 2. The third-order valence-corrected chi connectivity index (χ3v) is 4.95. The Morgan fingerprint density at radius 1 is 0.941 bits per heavy atom. The molecule has 0 aromatic carbocycles.